The van der Waals surface area contributed by atoms with Gasteiger partial charge in [-0.1, -0.05) is 11.6 Å². The largest absolute Gasteiger partial charge is 0.489 e. The van der Waals surface area contributed by atoms with Crippen molar-refractivity contribution >= 4 is 28.3 Å². The molecule has 2 aromatic carbocycles. The number of nitro groups is 1. The summed E-state index contributed by atoms with van der Waals surface area (Å²) in [5.41, 5.74) is 1.84. The molecule has 7 heteroatoms. The maximum atomic E-state index is 12.3. The van der Waals surface area contributed by atoms with Gasteiger partial charge in [0.25, 0.3) is 5.69 Å². The maximum absolute atomic E-state index is 12.3. The zero-order valence-electron chi connectivity index (χ0n) is 14.4. The van der Waals surface area contributed by atoms with Gasteiger partial charge in [-0.3, -0.25) is 10.1 Å². The molecule has 0 bridgehead atoms. The fourth-order valence-corrected chi connectivity index (χ4v) is 3.62. The fourth-order valence-electron chi connectivity index (χ4n) is 3.50. The predicted octanol–water partition coefficient (Wildman–Crippen LogP) is 4.81. The Labute approximate surface area is 159 Å². The second kappa shape index (κ2) is 7.04. The predicted molar refractivity (Wildman–Crippen MR) is 102 cm³/mol. The molecule has 4 rings (SSSR count). The second-order valence-corrected chi connectivity index (χ2v) is 6.97. The third-order valence-electron chi connectivity index (χ3n) is 4.83. The summed E-state index contributed by atoms with van der Waals surface area (Å²) in [5.74, 6) is 0.542. The number of nitrogens with zero attached hydrogens (tertiary/aromatic N) is 1. The molecule has 0 N–H and O–H groups in total. The van der Waals surface area contributed by atoms with E-state index in [1.165, 1.54) is 6.07 Å². The number of nitro benzene ring substituents is 1. The van der Waals surface area contributed by atoms with Gasteiger partial charge in [-0.05, 0) is 61.6 Å². The van der Waals surface area contributed by atoms with Crippen LogP contribution in [0.3, 0.4) is 0 Å². The van der Waals surface area contributed by atoms with Gasteiger partial charge in [0, 0.05) is 22.0 Å². The van der Waals surface area contributed by atoms with Gasteiger partial charge in [-0.2, -0.15) is 0 Å². The molecule has 0 amide bonds. The van der Waals surface area contributed by atoms with Gasteiger partial charge in [-0.25, -0.2) is 4.79 Å². The average Bonchev–Trinajstić information content (AvgIpc) is 2.67. The van der Waals surface area contributed by atoms with Crippen molar-refractivity contribution in [3.8, 4) is 5.75 Å². The first kappa shape index (κ1) is 17.5. The van der Waals surface area contributed by atoms with Crippen LogP contribution in [0.4, 0.5) is 5.69 Å². The monoisotopic (exact) mass is 385 g/mol. The highest BCUT2D eigenvalue weighted by Crippen LogP contribution is 2.32. The lowest BCUT2D eigenvalue weighted by Gasteiger charge is -2.16. The van der Waals surface area contributed by atoms with Gasteiger partial charge < -0.3 is 9.15 Å². The van der Waals surface area contributed by atoms with Crippen LogP contribution in [-0.4, -0.2) is 4.92 Å². The summed E-state index contributed by atoms with van der Waals surface area (Å²) in [7, 11) is 0. The van der Waals surface area contributed by atoms with E-state index in [9.17, 15) is 14.9 Å². The summed E-state index contributed by atoms with van der Waals surface area (Å²) in [6.07, 6.45) is 3.27. The minimum Gasteiger partial charge on any atom is -0.489 e. The van der Waals surface area contributed by atoms with E-state index >= 15 is 0 Å². The Morgan fingerprint density at radius 3 is 2.52 bits per heavy atom. The van der Waals surface area contributed by atoms with Crippen molar-refractivity contribution in [3.05, 3.63) is 78.6 Å². The third kappa shape index (κ3) is 3.40. The zero-order chi connectivity index (χ0) is 19.0. The highest BCUT2D eigenvalue weighted by Gasteiger charge is 2.23. The molecule has 0 saturated carbocycles. The molecule has 0 radical (unpaired) electrons. The molecule has 1 heterocycles. The van der Waals surface area contributed by atoms with Gasteiger partial charge in [0.1, 0.15) is 17.9 Å². The number of benzene rings is 2. The van der Waals surface area contributed by atoms with Gasteiger partial charge in [0.15, 0.2) is 0 Å². The summed E-state index contributed by atoms with van der Waals surface area (Å²) < 4.78 is 11.1. The second-order valence-electron chi connectivity index (χ2n) is 6.53. The van der Waals surface area contributed by atoms with Gasteiger partial charge >= 0.3 is 5.63 Å². The van der Waals surface area contributed by atoms with Crippen molar-refractivity contribution in [1.82, 2.24) is 0 Å². The molecule has 0 aliphatic heterocycles. The number of hydrogen-bond acceptors (Lipinski definition) is 5. The smallest absolute Gasteiger partial charge is 0.339 e. The topological polar surface area (TPSA) is 82.6 Å². The molecule has 138 valence electrons. The molecule has 0 saturated heterocycles. The Balaban J connectivity index is 1.77. The van der Waals surface area contributed by atoms with Crippen LogP contribution in [0.1, 0.15) is 29.5 Å². The number of halogens is 1. The van der Waals surface area contributed by atoms with Crippen LogP contribution in [0.25, 0.3) is 11.0 Å². The quantitative estimate of drug-likeness (QED) is 0.365. The molecule has 3 aromatic rings. The lowest BCUT2D eigenvalue weighted by atomic mass is 9.90. The summed E-state index contributed by atoms with van der Waals surface area (Å²) in [6, 6.07) is 9.77. The normalized spacial score (nSPS) is 13.4. The van der Waals surface area contributed by atoms with E-state index in [0.717, 1.165) is 24.8 Å². The summed E-state index contributed by atoms with van der Waals surface area (Å²) in [4.78, 5) is 23.4. The Morgan fingerprint density at radius 2 is 1.81 bits per heavy atom. The lowest BCUT2D eigenvalue weighted by molar-refractivity contribution is -0.385. The molecule has 0 fully saturated rings. The van der Waals surface area contributed by atoms with Crippen LogP contribution in [0.2, 0.25) is 5.02 Å². The minimum absolute atomic E-state index is 0.0192. The Hall–Kier alpha value is -2.86. The molecular formula is C20H16ClNO5. The molecule has 0 unspecified atom stereocenters. The molecule has 6 nitrogen and oxygen atoms in total. The van der Waals surface area contributed by atoms with E-state index in [1.807, 2.05) is 0 Å². The van der Waals surface area contributed by atoms with E-state index in [2.05, 4.69) is 0 Å². The summed E-state index contributed by atoms with van der Waals surface area (Å²) in [6.45, 7) is -0.0192. The average molecular weight is 386 g/mol. The van der Waals surface area contributed by atoms with Crippen molar-refractivity contribution in [2.24, 2.45) is 0 Å². The van der Waals surface area contributed by atoms with Crippen molar-refractivity contribution in [3.63, 3.8) is 0 Å². The van der Waals surface area contributed by atoms with Crippen LogP contribution in [0.5, 0.6) is 5.75 Å². The first-order chi connectivity index (χ1) is 13.0. The maximum Gasteiger partial charge on any atom is 0.339 e. The first-order valence-electron chi connectivity index (χ1n) is 8.67. The van der Waals surface area contributed by atoms with Gasteiger partial charge in [-0.15, -0.1) is 0 Å². The van der Waals surface area contributed by atoms with Crippen LogP contribution in [-0.2, 0) is 19.4 Å². The first-order valence-corrected chi connectivity index (χ1v) is 9.05. The molecule has 1 aliphatic carbocycles. The van der Waals surface area contributed by atoms with Crippen LogP contribution < -0.4 is 10.4 Å². The van der Waals surface area contributed by atoms with E-state index in [4.69, 9.17) is 20.8 Å². The van der Waals surface area contributed by atoms with E-state index in [-0.39, 0.29) is 17.9 Å². The number of fused-ring (bicyclic) bond motifs is 3. The van der Waals surface area contributed by atoms with Gasteiger partial charge in [0.05, 0.1) is 10.5 Å². The molecule has 27 heavy (non-hydrogen) atoms. The van der Waals surface area contributed by atoms with E-state index in [0.29, 0.717) is 39.3 Å². The number of ether oxygens (including phenoxy) is 1. The Kier molecular flexibility index (Phi) is 4.58. The van der Waals surface area contributed by atoms with Crippen LogP contribution >= 0.6 is 11.6 Å². The van der Waals surface area contributed by atoms with Crippen molar-refractivity contribution < 1.29 is 14.1 Å². The minimum atomic E-state index is -0.430. The molecule has 1 aliphatic rings. The SMILES string of the molecule is O=c1oc2cc(COc3ccc(Cl)cc3)c([N+](=O)[O-])cc2c2c1CCCC2. The fraction of sp³-hybridized carbons (Fsp3) is 0.250. The van der Waals surface area contributed by atoms with Crippen LogP contribution in [0.15, 0.2) is 45.6 Å². The van der Waals surface area contributed by atoms with Crippen molar-refractivity contribution in [1.29, 1.82) is 0 Å². The number of hydrogen-bond donors (Lipinski definition) is 0. The molecule has 0 spiro atoms. The third-order valence-corrected chi connectivity index (χ3v) is 5.08. The van der Waals surface area contributed by atoms with Gasteiger partial charge in [0.2, 0.25) is 0 Å². The molecule has 0 atom stereocenters. The summed E-state index contributed by atoms with van der Waals surface area (Å²) >= 11 is 5.85. The van der Waals surface area contributed by atoms with E-state index in [1.54, 1.807) is 30.3 Å². The lowest BCUT2D eigenvalue weighted by Crippen LogP contribution is -2.16. The number of rotatable bonds is 4. The standard InChI is InChI=1S/C20H16ClNO5/c21-13-5-7-14(8-6-13)26-11-12-9-19-17(10-18(12)22(24)25)15-3-1-2-4-16(15)20(23)27-19/h5-10H,1-4,11H2. The molecule has 1 aromatic heterocycles. The molecular weight excluding hydrogens is 370 g/mol. The highest BCUT2D eigenvalue weighted by atomic mass is 35.5. The highest BCUT2D eigenvalue weighted by molar-refractivity contribution is 6.30. The van der Waals surface area contributed by atoms with Crippen molar-refractivity contribution in [2.45, 2.75) is 32.3 Å². The van der Waals surface area contributed by atoms with Crippen LogP contribution in [0, 0.1) is 10.1 Å². The Morgan fingerprint density at radius 1 is 1.11 bits per heavy atom. The Bertz CT molecular complexity index is 1090. The summed E-state index contributed by atoms with van der Waals surface area (Å²) in [5, 5.41) is 12.8. The zero-order valence-corrected chi connectivity index (χ0v) is 15.1. The number of aryl methyl sites for hydroxylation is 1. The van der Waals surface area contributed by atoms with E-state index < -0.39 is 4.92 Å². The van der Waals surface area contributed by atoms with Crippen molar-refractivity contribution in [2.75, 3.05) is 0 Å².